The van der Waals surface area contributed by atoms with Gasteiger partial charge in [-0.2, -0.15) is 0 Å². The molecule has 144 valence electrons. The lowest BCUT2D eigenvalue weighted by atomic mass is 10.0. The van der Waals surface area contributed by atoms with Crippen LogP contribution in [0.3, 0.4) is 0 Å². The van der Waals surface area contributed by atoms with Crippen LogP contribution in [0, 0.1) is 6.92 Å². The molecule has 1 atom stereocenters. The third kappa shape index (κ3) is 5.21. The van der Waals surface area contributed by atoms with E-state index >= 15 is 0 Å². The third-order valence-corrected chi connectivity index (χ3v) is 4.71. The van der Waals surface area contributed by atoms with Gasteiger partial charge in [0.25, 0.3) is 0 Å². The van der Waals surface area contributed by atoms with Gasteiger partial charge in [-0.1, -0.05) is 58.4 Å². The average Bonchev–Trinajstić information content (AvgIpc) is 2.72. The first-order chi connectivity index (χ1) is 13.6. The van der Waals surface area contributed by atoms with Crippen molar-refractivity contribution in [3.63, 3.8) is 0 Å². The molecule has 0 heterocycles. The van der Waals surface area contributed by atoms with Crippen molar-refractivity contribution in [3.8, 4) is 5.75 Å². The van der Waals surface area contributed by atoms with Gasteiger partial charge < -0.3 is 14.2 Å². The molecule has 0 saturated carbocycles. The molecule has 3 aromatic rings. The van der Waals surface area contributed by atoms with Gasteiger partial charge in [0.1, 0.15) is 5.75 Å². The van der Waals surface area contributed by atoms with Crippen LogP contribution in [0.1, 0.15) is 33.3 Å². The lowest BCUT2D eigenvalue weighted by molar-refractivity contribution is -0.0929. The van der Waals surface area contributed by atoms with Crippen molar-refractivity contribution < 1.29 is 19.0 Å². The first kappa shape index (κ1) is 20.1. The molecule has 0 saturated heterocycles. The summed E-state index contributed by atoms with van der Waals surface area (Å²) < 4.78 is 18.0. The molecule has 0 aliphatic rings. The van der Waals surface area contributed by atoms with E-state index in [2.05, 4.69) is 15.9 Å². The number of methoxy groups -OCH3 is 1. The average molecular weight is 441 g/mol. The number of halogens is 1. The molecule has 5 heteroatoms. The van der Waals surface area contributed by atoms with E-state index in [1.165, 1.54) is 7.11 Å². The Kier molecular flexibility index (Phi) is 6.85. The van der Waals surface area contributed by atoms with E-state index in [4.69, 9.17) is 14.2 Å². The van der Waals surface area contributed by atoms with Gasteiger partial charge in [-0.3, -0.25) is 0 Å². The fraction of sp³-hybridized carbons (Fsp3) is 0.174. The Morgan fingerprint density at radius 3 is 2.50 bits per heavy atom. The number of rotatable bonds is 7. The summed E-state index contributed by atoms with van der Waals surface area (Å²) in [4.78, 5) is 12.1. The summed E-state index contributed by atoms with van der Waals surface area (Å²) in [7, 11) is 1.37. The molecule has 3 rings (SSSR count). The smallest absolute Gasteiger partial charge is 0.338 e. The lowest BCUT2D eigenvalue weighted by Gasteiger charge is -2.21. The van der Waals surface area contributed by atoms with Crippen molar-refractivity contribution in [2.45, 2.75) is 19.8 Å². The van der Waals surface area contributed by atoms with Gasteiger partial charge >= 0.3 is 5.97 Å². The molecule has 0 N–H and O–H groups in total. The normalized spacial score (nSPS) is 11.7. The summed E-state index contributed by atoms with van der Waals surface area (Å²) in [5, 5.41) is 0. The SMILES string of the molecule is COC(=O)c1cc(C(OCc2cccc(Br)c2)Oc2ccccc2)ccc1C. The summed E-state index contributed by atoms with van der Waals surface area (Å²) in [5.74, 6) is 0.298. The fourth-order valence-corrected chi connectivity index (χ4v) is 3.18. The van der Waals surface area contributed by atoms with Crippen LogP contribution in [0.15, 0.2) is 77.3 Å². The van der Waals surface area contributed by atoms with Crippen LogP contribution >= 0.6 is 15.9 Å². The summed E-state index contributed by atoms with van der Waals surface area (Å²) in [6, 6.07) is 22.9. The largest absolute Gasteiger partial charge is 0.465 e. The highest BCUT2D eigenvalue weighted by Gasteiger charge is 2.18. The quantitative estimate of drug-likeness (QED) is 0.342. The lowest BCUT2D eigenvalue weighted by Crippen LogP contribution is -2.14. The highest BCUT2D eigenvalue weighted by Crippen LogP contribution is 2.27. The van der Waals surface area contributed by atoms with Crippen molar-refractivity contribution in [1.82, 2.24) is 0 Å². The minimum Gasteiger partial charge on any atom is -0.465 e. The Morgan fingerprint density at radius 2 is 1.79 bits per heavy atom. The van der Waals surface area contributed by atoms with Crippen molar-refractivity contribution >= 4 is 21.9 Å². The number of hydrogen-bond donors (Lipinski definition) is 0. The molecule has 4 nitrogen and oxygen atoms in total. The maximum absolute atomic E-state index is 12.1. The molecule has 0 radical (unpaired) electrons. The Balaban J connectivity index is 1.88. The van der Waals surface area contributed by atoms with Crippen molar-refractivity contribution in [2.24, 2.45) is 0 Å². The topological polar surface area (TPSA) is 44.8 Å². The number of ether oxygens (including phenoxy) is 3. The number of hydrogen-bond acceptors (Lipinski definition) is 4. The second kappa shape index (κ2) is 9.53. The number of carbonyl (C=O) groups is 1. The van der Waals surface area contributed by atoms with Gasteiger partial charge in [-0.25, -0.2) is 4.79 Å². The highest BCUT2D eigenvalue weighted by molar-refractivity contribution is 9.10. The molecule has 0 aliphatic heterocycles. The molecule has 0 amide bonds. The van der Waals surface area contributed by atoms with Gasteiger partial charge in [-0.05, 0) is 48.4 Å². The minimum absolute atomic E-state index is 0.359. The zero-order valence-corrected chi connectivity index (χ0v) is 17.3. The summed E-state index contributed by atoms with van der Waals surface area (Å²) in [6.07, 6.45) is -0.676. The van der Waals surface area contributed by atoms with Gasteiger partial charge in [0.15, 0.2) is 0 Å². The van der Waals surface area contributed by atoms with E-state index in [1.807, 2.05) is 73.7 Å². The van der Waals surface area contributed by atoms with E-state index < -0.39 is 6.29 Å². The summed E-state index contributed by atoms with van der Waals surface area (Å²) in [6.45, 7) is 2.23. The predicted molar refractivity (Wildman–Crippen MR) is 111 cm³/mol. The molecule has 1 unspecified atom stereocenters. The third-order valence-electron chi connectivity index (χ3n) is 4.22. The molecule has 0 spiro atoms. The maximum Gasteiger partial charge on any atom is 0.338 e. The fourth-order valence-electron chi connectivity index (χ4n) is 2.74. The molecule has 0 bridgehead atoms. The van der Waals surface area contributed by atoms with E-state index in [-0.39, 0.29) is 5.97 Å². The monoisotopic (exact) mass is 440 g/mol. The molecule has 3 aromatic carbocycles. The molecular formula is C23H21BrO4. The van der Waals surface area contributed by atoms with Crippen LogP contribution in [0.2, 0.25) is 0 Å². The number of esters is 1. The number of carbonyl (C=O) groups excluding carboxylic acids is 1. The van der Waals surface area contributed by atoms with E-state index in [0.717, 1.165) is 21.2 Å². The minimum atomic E-state index is -0.676. The predicted octanol–water partition coefficient (Wildman–Crippen LogP) is 5.84. The number of aryl methyl sites for hydroxylation is 1. The van der Waals surface area contributed by atoms with Crippen LogP contribution in [0.4, 0.5) is 0 Å². The van der Waals surface area contributed by atoms with E-state index in [9.17, 15) is 4.79 Å². The first-order valence-electron chi connectivity index (χ1n) is 8.83. The van der Waals surface area contributed by atoms with Crippen LogP contribution in [-0.2, 0) is 16.1 Å². The standard InChI is InChI=1S/C23H21BrO4/c1-16-11-12-18(14-21(16)22(25)26-2)23(28-20-9-4-3-5-10-20)27-15-17-7-6-8-19(24)13-17/h3-14,23H,15H2,1-2H3. The molecule has 28 heavy (non-hydrogen) atoms. The zero-order chi connectivity index (χ0) is 19.9. The van der Waals surface area contributed by atoms with Crippen LogP contribution in [0.5, 0.6) is 5.75 Å². The second-order valence-corrected chi connectivity index (χ2v) is 7.19. The van der Waals surface area contributed by atoms with Gasteiger partial charge in [-0.15, -0.1) is 0 Å². The molecule has 0 aromatic heterocycles. The summed E-state index contributed by atoms with van der Waals surface area (Å²) >= 11 is 3.47. The molecular weight excluding hydrogens is 420 g/mol. The second-order valence-electron chi connectivity index (χ2n) is 6.27. The first-order valence-corrected chi connectivity index (χ1v) is 9.62. The van der Waals surface area contributed by atoms with Crippen LogP contribution < -0.4 is 4.74 Å². The Morgan fingerprint density at radius 1 is 1.00 bits per heavy atom. The van der Waals surface area contributed by atoms with Crippen LogP contribution in [0.25, 0.3) is 0 Å². The van der Waals surface area contributed by atoms with E-state index in [1.54, 1.807) is 6.07 Å². The molecule has 0 aliphatic carbocycles. The van der Waals surface area contributed by atoms with Crippen molar-refractivity contribution in [1.29, 1.82) is 0 Å². The Labute approximate surface area is 173 Å². The number of para-hydroxylation sites is 1. The van der Waals surface area contributed by atoms with Crippen molar-refractivity contribution in [3.05, 3.63) is 99.5 Å². The van der Waals surface area contributed by atoms with E-state index in [0.29, 0.717) is 17.9 Å². The summed E-state index contributed by atoms with van der Waals surface area (Å²) in [5.41, 5.74) is 3.08. The Bertz CT molecular complexity index is 940. The zero-order valence-electron chi connectivity index (χ0n) is 15.7. The molecule has 0 fully saturated rings. The van der Waals surface area contributed by atoms with Gasteiger partial charge in [0.2, 0.25) is 6.29 Å². The number of benzene rings is 3. The maximum atomic E-state index is 12.1. The highest BCUT2D eigenvalue weighted by atomic mass is 79.9. The van der Waals surface area contributed by atoms with Gasteiger partial charge in [0.05, 0.1) is 19.3 Å². The Hall–Kier alpha value is -2.63. The van der Waals surface area contributed by atoms with Crippen LogP contribution in [-0.4, -0.2) is 13.1 Å². The van der Waals surface area contributed by atoms with Crippen molar-refractivity contribution in [2.75, 3.05) is 7.11 Å². The van der Waals surface area contributed by atoms with Gasteiger partial charge in [0, 0.05) is 10.0 Å².